The van der Waals surface area contributed by atoms with Crippen molar-refractivity contribution >= 4 is 32.3 Å². The van der Waals surface area contributed by atoms with Gasteiger partial charge in [-0.1, -0.05) is 19.3 Å². The van der Waals surface area contributed by atoms with E-state index < -0.39 is 16.0 Å². The van der Waals surface area contributed by atoms with E-state index in [0.29, 0.717) is 17.8 Å². The minimum absolute atomic E-state index is 0.136. The number of carboxylic acid groups (broad SMARTS) is 1. The van der Waals surface area contributed by atoms with E-state index in [9.17, 15) is 13.2 Å². The first kappa shape index (κ1) is 13.4. The van der Waals surface area contributed by atoms with E-state index in [1.807, 2.05) is 0 Å². The zero-order chi connectivity index (χ0) is 13.2. The molecule has 0 aromatic carbocycles. The van der Waals surface area contributed by atoms with Crippen LogP contribution in [0, 0.1) is 0 Å². The topological polar surface area (TPSA) is 83.5 Å². The van der Waals surface area contributed by atoms with Crippen LogP contribution in [-0.4, -0.2) is 24.7 Å². The minimum Gasteiger partial charge on any atom is -0.477 e. The first-order valence-corrected chi connectivity index (χ1v) is 8.20. The van der Waals surface area contributed by atoms with Gasteiger partial charge in [0.25, 0.3) is 0 Å². The van der Waals surface area contributed by atoms with Crippen molar-refractivity contribution in [1.82, 2.24) is 0 Å². The molecule has 100 valence electrons. The highest BCUT2D eigenvalue weighted by Gasteiger charge is 2.27. The van der Waals surface area contributed by atoms with Crippen molar-refractivity contribution in [1.29, 1.82) is 0 Å². The van der Waals surface area contributed by atoms with Gasteiger partial charge >= 0.3 is 5.97 Å². The Balaban J connectivity index is 2.08. The molecule has 1 heterocycles. The van der Waals surface area contributed by atoms with Crippen LogP contribution in [0.2, 0.25) is 0 Å². The lowest BCUT2D eigenvalue weighted by Gasteiger charge is -2.21. The molecule has 0 spiro atoms. The van der Waals surface area contributed by atoms with Crippen LogP contribution in [0.3, 0.4) is 0 Å². The summed E-state index contributed by atoms with van der Waals surface area (Å²) in [4.78, 5) is 10.9. The summed E-state index contributed by atoms with van der Waals surface area (Å²) in [6, 6.07) is 2.90. The van der Waals surface area contributed by atoms with Crippen molar-refractivity contribution < 1.29 is 18.3 Å². The fourth-order valence-electron chi connectivity index (χ4n) is 2.11. The zero-order valence-electron chi connectivity index (χ0n) is 9.76. The van der Waals surface area contributed by atoms with Crippen LogP contribution in [0.5, 0.6) is 0 Å². The largest absolute Gasteiger partial charge is 0.477 e. The second-order valence-corrected chi connectivity index (χ2v) is 7.42. The predicted octanol–water partition coefficient (Wildman–Crippen LogP) is 2.52. The molecule has 1 aromatic rings. The second-order valence-electron chi connectivity index (χ2n) is 4.38. The number of hydrogen-bond donors (Lipinski definition) is 2. The Morgan fingerprint density at radius 2 is 1.94 bits per heavy atom. The molecule has 0 radical (unpaired) electrons. The Labute approximate surface area is 110 Å². The smallest absolute Gasteiger partial charge is 0.345 e. The van der Waals surface area contributed by atoms with Gasteiger partial charge in [0.15, 0.2) is 0 Å². The van der Waals surface area contributed by atoms with Gasteiger partial charge in [0.2, 0.25) is 10.0 Å². The first-order valence-electron chi connectivity index (χ1n) is 5.84. The van der Waals surface area contributed by atoms with Crippen LogP contribution in [-0.2, 0) is 10.0 Å². The molecule has 0 atom stereocenters. The third-order valence-corrected chi connectivity index (χ3v) is 6.02. The number of thiophene rings is 1. The van der Waals surface area contributed by atoms with Crippen LogP contribution in [0.15, 0.2) is 12.1 Å². The van der Waals surface area contributed by atoms with E-state index in [4.69, 9.17) is 5.11 Å². The van der Waals surface area contributed by atoms with Crippen LogP contribution in [0.1, 0.15) is 41.8 Å². The van der Waals surface area contributed by atoms with Crippen LogP contribution >= 0.6 is 11.3 Å². The maximum atomic E-state index is 12.1. The lowest BCUT2D eigenvalue weighted by molar-refractivity contribution is 0.0702. The van der Waals surface area contributed by atoms with Crippen molar-refractivity contribution in [2.75, 3.05) is 4.72 Å². The molecule has 1 saturated carbocycles. The standard InChI is InChI=1S/C11H15NO4S2/c13-11(14)9-6-7-10(17-9)12-18(15,16)8-4-2-1-3-5-8/h6-8,12H,1-5H2,(H,13,14). The van der Waals surface area contributed by atoms with Crippen molar-refractivity contribution in [2.45, 2.75) is 37.4 Å². The molecule has 2 rings (SSSR count). The van der Waals surface area contributed by atoms with Gasteiger partial charge in [-0.05, 0) is 25.0 Å². The fourth-order valence-corrected chi connectivity index (χ4v) is 4.69. The lowest BCUT2D eigenvalue weighted by Crippen LogP contribution is -2.29. The van der Waals surface area contributed by atoms with Crippen LogP contribution in [0.25, 0.3) is 0 Å². The Kier molecular flexibility index (Phi) is 3.91. The summed E-state index contributed by atoms with van der Waals surface area (Å²) in [5, 5.41) is 8.81. The summed E-state index contributed by atoms with van der Waals surface area (Å²) in [7, 11) is -3.38. The molecule has 1 aliphatic carbocycles. The van der Waals surface area contributed by atoms with Crippen LogP contribution in [0.4, 0.5) is 5.00 Å². The van der Waals surface area contributed by atoms with Crippen molar-refractivity contribution in [3.05, 3.63) is 17.0 Å². The molecule has 18 heavy (non-hydrogen) atoms. The van der Waals surface area contributed by atoms with Gasteiger partial charge in [-0.25, -0.2) is 13.2 Å². The van der Waals surface area contributed by atoms with Crippen molar-refractivity contribution in [2.24, 2.45) is 0 Å². The summed E-state index contributed by atoms with van der Waals surface area (Å²) >= 11 is 0.942. The molecule has 0 unspecified atom stereocenters. The van der Waals surface area contributed by atoms with Gasteiger partial charge in [-0.15, -0.1) is 11.3 Å². The number of carboxylic acids is 1. The Morgan fingerprint density at radius 1 is 1.28 bits per heavy atom. The number of anilines is 1. The molecule has 0 saturated heterocycles. The Bertz CT molecular complexity index is 529. The fraction of sp³-hybridized carbons (Fsp3) is 0.545. The normalized spacial score (nSPS) is 17.6. The van der Waals surface area contributed by atoms with E-state index in [0.717, 1.165) is 30.6 Å². The number of hydrogen-bond acceptors (Lipinski definition) is 4. The Morgan fingerprint density at radius 3 is 2.50 bits per heavy atom. The average molecular weight is 289 g/mol. The maximum absolute atomic E-state index is 12.1. The molecule has 2 N–H and O–H groups in total. The molecule has 1 aromatic heterocycles. The number of carbonyl (C=O) groups is 1. The van der Waals surface area contributed by atoms with Gasteiger partial charge in [-0.2, -0.15) is 0 Å². The summed E-state index contributed by atoms with van der Waals surface area (Å²) < 4.78 is 26.7. The third-order valence-electron chi connectivity index (χ3n) is 3.05. The second kappa shape index (κ2) is 5.27. The van der Waals surface area contributed by atoms with E-state index in [1.165, 1.54) is 12.1 Å². The van der Waals surface area contributed by atoms with Crippen molar-refractivity contribution in [3.63, 3.8) is 0 Å². The summed E-state index contributed by atoms with van der Waals surface area (Å²) in [5.74, 6) is -1.04. The van der Waals surface area contributed by atoms with E-state index in [1.54, 1.807) is 0 Å². The molecular weight excluding hydrogens is 274 g/mol. The quantitative estimate of drug-likeness (QED) is 0.892. The highest BCUT2D eigenvalue weighted by atomic mass is 32.2. The summed E-state index contributed by atoms with van der Waals surface area (Å²) in [5.41, 5.74) is 0. The SMILES string of the molecule is O=C(O)c1ccc(NS(=O)(=O)C2CCCCC2)s1. The first-order chi connectivity index (χ1) is 8.49. The highest BCUT2D eigenvalue weighted by molar-refractivity contribution is 7.93. The number of aromatic carboxylic acids is 1. The molecule has 7 heteroatoms. The molecule has 0 aliphatic heterocycles. The zero-order valence-corrected chi connectivity index (χ0v) is 11.4. The van der Waals surface area contributed by atoms with Gasteiger partial charge < -0.3 is 5.11 Å². The third kappa shape index (κ3) is 3.02. The van der Waals surface area contributed by atoms with E-state index in [-0.39, 0.29) is 10.1 Å². The predicted molar refractivity (Wildman–Crippen MR) is 70.7 cm³/mol. The summed E-state index contributed by atoms with van der Waals surface area (Å²) in [6.45, 7) is 0. The van der Waals surface area contributed by atoms with Gasteiger partial charge in [0, 0.05) is 0 Å². The Hall–Kier alpha value is -1.08. The van der Waals surface area contributed by atoms with E-state index >= 15 is 0 Å². The number of nitrogens with one attached hydrogen (secondary N) is 1. The van der Waals surface area contributed by atoms with Gasteiger partial charge in [0.1, 0.15) is 9.88 Å². The van der Waals surface area contributed by atoms with Crippen molar-refractivity contribution in [3.8, 4) is 0 Å². The molecular formula is C11H15NO4S2. The lowest BCUT2D eigenvalue weighted by atomic mass is 10.0. The molecule has 1 aliphatic rings. The summed E-state index contributed by atoms with van der Waals surface area (Å²) in [6.07, 6.45) is 4.35. The number of sulfonamides is 1. The monoisotopic (exact) mass is 289 g/mol. The van der Waals surface area contributed by atoms with Gasteiger partial charge in [0.05, 0.1) is 5.25 Å². The van der Waals surface area contributed by atoms with Crippen LogP contribution < -0.4 is 4.72 Å². The maximum Gasteiger partial charge on any atom is 0.345 e. The molecule has 0 bridgehead atoms. The minimum atomic E-state index is -3.38. The number of rotatable bonds is 4. The highest BCUT2D eigenvalue weighted by Crippen LogP contribution is 2.28. The van der Waals surface area contributed by atoms with E-state index in [2.05, 4.69) is 4.72 Å². The molecule has 0 amide bonds. The molecule has 1 fully saturated rings. The average Bonchev–Trinajstić information content (AvgIpc) is 2.78. The molecule has 5 nitrogen and oxygen atoms in total. The van der Waals surface area contributed by atoms with Gasteiger partial charge in [-0.3, -0.25) is 4.72 Å².